The van der Waals surface area contributed by atoms with E-state index in [9.17, 15) is 8.42 Å². The van der Waals surface area contributed by atoms with Gasteiger partial charge in [0.25, 0.3) is 0 Å². The van der Waals surface area contributed by atoms with Gasteiger partial charge in [0.05, 0.1) is 15.9 Å². The summed E-state index contributed by atoms with van der Waals surface area (Å²) in [7, 11) is -3.54. The average Bonchev–Trinajstić information content (AvgIpc) is 2.82. The largest absolute Gasteiger partial charge is 0.327 e. The van der Waals surface area contributed by atoms with Gasteiger partial charge < -0.3 is 4.57 Å². The van der Waals surface area contributed by atoms with E-state index < -0.39 is 10.0 Å². The topological polar surface area (TPSA) is 64.0 Å². The zero-order valence-corrected chi connectivity index (χ0v) is 15.8. The van der Waals surface area contributed by atoms with Crippen LogP contribution in [0, 0.1) is 27.7 Å². The van der Waals surface area contributed by atoms with Crippen molar-refractivity contribution in [3.63, 3.8) is 0 Å². The van der Waals surface area contributed by atoms with Crippen LogP contribution in [0.2, 0.25) is 0 Å². The van der Waals surface area contributed by atoms with E-state index in [1.807, 2.05) is 68.7 Å². The maximum absolute atomic E-state index is 12.7. The normalized spacial score (nSPS) is 12.0. The number of imidazole rings is 1. The van der Waals surface area contributed by atoms with Crippen LogP contribution in [0.25, 0.3) is 11.0 Å². The molecule has 0 aliphatic carbocycles. The molecule has 3 aromatic rings. The van der Waals surface area contributed by atoms with E-state index >= 15 is 0 Å². The Hall–Kier alpha value is -2.18. The number of para-hydroxylation sites is 2. The molecular formula is C19H23N3O2S. The van der Waals surface area contributed by atoms with Crippen LogP contribution in [-0.2, 0) is 16.6 Å². The molecule has 6 heteroatoms. The molecule has 0 atom stereocenters. The number of rotatable bonds is 5. The standard InChI is InChI=1S/C19H23N3O2S/c1-13-11-14(2)19(15(3)12-13)25(23,24)20-9-10-22-16(4)21-17-7-5-6-8-18(17)22/h5-8,11-12,20H,9-10H2,1-4H3. The summed E-state index contributed by atoms with van der Waals surface area (Å²) in [6.07, 6.45) is 0. The second-order valence-corrected chi connectivity index (χ2v) is 8.13. The van der Waals surface area contributed by atoms with Gasteiger partial charge in [0.2, 0.25) is 10.0 Å². The number of aryl methyl sites for hydroxylation is 4. The minimum absolute atomic E-state index is 0.316. The molecule has 0 bridgehead atoms. The lowest BCUT2D eigenvalue weighted by atomic mass is 10.1. The maximum Gasteiger partial charge on any atom is 0.241 e. The molecule has 0 radical (unpaired) electrons. The van der Waals surface area contributed by atoms with E-state index in [4.69, 9.17) is 0 Å². The number of hydrogen-bond donors (Lipinski definition) is 1. The first-order chi connectivity index (χ1) is 11.8. The fraction of sp³-hybridized carbons (Fsp3) is 0.316. The van der Waals surface area contributed by atoms with E-state index in [2.05, 4.69) is 9.71 Å². The zero-order chi connectivity index (χ0) is 18.2. The lowest BCUT2D eigenvalue weighted by Crippen LogP contribution is -2.29. The summed E-state index contributed by atoms with van der Waals surface area (Å²) in [5, 5.41) is 0. The first kappa shape index (κ1) is 17.6. The summed E-state index contributed by atoms with van der Waals surface area (Å²) < 4.78 is 30.2. The highest BCUT2D eigenvalue weighted by Gasteiger charge is 2.19. The van der Waals surface area contributed by atoms with Crippen LogP contribution >= 0.6 is 0 Å². The highest BCUT2D eigenvalue weighted by Crippen LogP contribution is 2.21. The van der Waals surface area contributed by atoms with Crippen LogP contribution in [0.3, 0.4) is 0 Å². The third kappa shape index (κ3) is 3.45. The Kier molecular flexibility index (Phi) is 4.67. The summed E-state index contributed by atoms with van der Waals surface area (Å²) in [5.74, 6) is 0.878. The van der Waals surface area contributed by atoms with Gasteiger partial charge in [0, 0.05) is 13.1 Å². The fourth-order valence-corrected chi connectivity index (χ4v) is 4.90. The SMILES string of the molecule is Cc1cc(C)c(S(=O)(=O)NCCn2c(C)nc3ccccc32)c(C)c1. The van der Waals surface area contributed by atoms with Crippen molar-refractivity contribution in [2.24, 2.45) is 0 Å². The first-order valence-corrected chi connectivity index (χ1v) is 9.77. The molecule has 0 saturated carbocycles. The van der Waals surface area contributed by atoms with Gasteiger partial charge in [-0.15, -0.1) is 0 Å². The molecule has 132 valence electrons. The Morgan fingerprint density at radius 2 is 1.68 bits per heavy atom. The van der Waals surface area contributed by atoms with Crippen molar-refractivity contribution in [3.05, 3.63) is 58.9 Å². The number of fused-ring (bicyclic) bond motifs is 1. The van der Waals surface area contributed by atoms with Gasteiger partial charge in [0.1, 0.15) is 5.82 Å². The van der Waals surface area contributed by atoms with Gasteiger partial charge in [0.15, 0.2) is 0 Å². The van der Waals surface area contributed by atoms with Crippen LogP contribution in [0.15, 0.2) is 41.3 Å². The van der Waals surface area contributed by atoms with Gasteiger partial charge in [-0.3, -0.25) is 0 Å². The number of benzene rings is 2. The monoisotopic (exact) mass is 357 g/mol. The van der Waals surface area contributed by atoms with Crippen molar-refractivity contribution < 1.29 is 8.42 Å². The molecule has 0 aliphatic heterocycles. The van der Waals surface area contributed by atoms with Gasteiger partial charge in [-0.25, -0.2) is 18.1 Å². The fourth-order valence-electron chi connectivity index (χ4n) is 3.43. The molecule has 0 saturated heterocycles. The predicted octanol–water partition coefficient (Wildman–Crippen LogP) is 3.25. The molecular weight excluding hydrogens is 334 g/mol. The molecule has 0 spiro atoms. The maximum atomic E-state index is 12.7. The molecule has 25 heavy (non-hydrogen) atoms. The lowest BCUT2D eigenvalue weighted by Gasteiger charge is -2.14. The Balaban J connectivity index is 1.80. The molecule has 0 fully saturated rings. The Labute approximate surface area is 148 Å². The summed E-state index contributed by atoms with van der Waals surface area (Å²) in [6.45, 7) is 8.43. The Morgan fingerprint density at radius 3 is 2.36 bits per heavy atom. The van der Waals surface area contributed by atoms with E-state index in [1.54, 1.807) is 0 Å². The highest BCUT2D eigenvalue weighted by molar-refractivity contribution is 7.89. The lowest BCUT2D eigenvalue weighted by molar-refractivity contribution is 0.571. The van der Waals surface area contributed by atoms with Crippen molar-refractivity contribution in [1.29, 1.82) is 0 Å². The zero-order valence-electron chi connectivity index (χ0n) is 15.0. The van der Waals surface area contributed by atoms with Crippen molar-refractivity contribution in [2.75, 3.05) is 6.54 Å². The average molecular weight is 357 g/mol. The van der Waals surface area contributed by atoms with E-state index in [1.165, 1.54) is 0 Å². The molecule has 0 unspecified atom stereocenters. The van der Waals surface area contributed by atoms with Crippen molar-refractivity contribution in [3.8, 4) is 0 Å². The molecule has 1 heterocycles. The molecule has 2 aromatic carbocycles. The minimum atomic E-state index is -3.54. The molecule has 1 N–H and O–H groups in total. The predicted molar refractivity (Wildman–Crippen MR) is 100 cm³/mol. The summed E-state index contributed by atoms with van der Waals surface area (Å²) in [4.78, 5) is 4.89. The van der Waals surface area contributed by atoms with Gasteiger partial charge >= 0.3 is 0 Å². The summed E-state index contributed by atoms with van der Waals surface area (Å²) >= 11 is 0. The Bertz CT molecular complexity index is 1010. The smallest absolute Gasteiger partial charge is 0.241 e. The van der Waals surface area contributed by atoms with Crippen molar-refractivity contribution in [1.82, 2.24) is 14.3 Å². The van der Waals surface area contributed by atoms with E-state index in [0.29, 0.717) is 18.0 Å². The summed E-state index contributed by atoms with van der Waals surface area (Å²) in [5.41, 5.74) is 4.55. The number of nitrogens with zero attached hydrogens (tertiary/aromatic N) is 2. The third-order valence-corrected chi connectivity index (χ3v) is 6.11. The number of aromatic nitrogens is 2. The number of sulfonamides is 1. The number of hydrogen-bond acceptors (Lipinski definition) is 3. The molecule has 0 amide bonds. The van der Waals surface area contributed by atoms with Crippen LogP contribution < -0.4 is 4.72 Å². The first-order valence-electron chi connectivity index (χ1n) is 8.29. The second kappa shape index (κ2) is 6.61. The van der Waals surface area contributed by atoms with Crippen LogP contribution in [0.4, 0.5) is 0 Å². The van der Waals surface area contributed by atoms with Crippen molar-refractivity contribution >= 4 is 21.1 Å². The minimum Gasteiger partial charge on any atom is -0.327 e. The molecule has 5 nitrogen and oxygen atoms in total. The van der Waals surface area contributed by atoms with E-state index in [0.717, 1.165) is 33.5 Å². The number of nitrogens with one attached hydrogen (secondary N) is 1. The summed E-state index contributed by atoms with van der Waals surface area (Å²) in [6, 6.07) is 11.7. The molecule has 3 rings (SSSR count). The second-order valence-electron chi connectivity index (χ2n) is 6.42. The quantitative estimate of drug-likeness (QED) is 0.762. The third-order valence-electron chi connectivity index (χ3n) is 4.35. The van der Waals surface area contributed by atoms with Crippen LogP contribution in [0.5, 0.6) is 0 Å². The molecule has 0 aliphatic rings. The van der Waals surface area contributed by atoms with E-state index in [-0.39, 0.29) is 0 Å². The van der Waals surface area contributed by atoms with Gasteiger partial charge in [-0.05, 0) is 51.0 Å². The highest BCUT2D eigenvalue weighted by atomic mass is 32.2. The van der Waals surface area contributed by atoms with Gasteiger partial charge in [-0.1, -0.05) is 29.8 Å². The van der Waals surface area contributed by atoms with Crippen LogP contribution in [0.1, 0.15) is 22.5 Å². The van der Waals surface area contributed by atoms with Crippen molar-refractivity contribution in [2.45, 2.75) is 39.1 Å². The van der Waals surface area contributed by atoms with Gasteiger partial charge in [-0.2, -0.15) is 0 Å². The molecule has 1 aromatic heterocycles. The van der Waals surface area contributed by atoms with Crippen LogP contribution in [-0.4, -0.2) is 24.5 Å². The Morgan fingerprint density at radius 1 is 1.04 bits per heavy atom.